The summed E-state index contributed by atoms with van der Waals surface area (Å²) in [7, 11) is 0. The first-order valence-electron chi connectivity index (χ1n) is 6.62. The highest BCUT2D eigenvalue weighted by Crippen LogP contribution is 2.45. The summed E-state index contributed by atoms with van der Waals surface area (Å²) in [5.74, 6) is 0.568. The first-order valence-corrected chi connectivity index (χ1v) is 6.62. The van der Waals surface area contributed by atoms with Crippen molar-refractivity contribution in [3.8, 4) is 0 Å². The number of hydrogen-bond acceptors (Lipinski definition) is 2. The van der Waals surface area contributed by atoms with E-state index in [1.807, 2.05) is 24.0 Å². The highest BCUT2D eigenvalue weighted by molar-refractivity contribution is 6.00. The third kappa shape index (κ3) is 1.61. The van der Waals surface area contributed by atoms with Crippen LogP contribution in [0.3, 0.4) is 0 Å². The topological polar surface area (TPSA) is 46.3 Å². The van der Waals surface area contributed by atoms with E-state index in [0.29, 0.717) is 5.91 Å². The van der Waals surface area contributed by atoms with Crippen LogP contribution in [0.4, 0.5) is 11.4 Å². The zero-order valence-corrected chi connectivity index (χ0v) is 11.3. The van der Waals surface area contributed by atoms with Crippen molar-refractivity contribution in [3.63, 3.8) is 0 Å². The van der Waals surface area contributed by atoms with Gasteiger partial charge in [-0.3, -0.25) is 4.79 Å². The highest BCUT2D eigenvalue weighted by atomic mass is 16.2. The van der Waals surface area contributed by atoms with Gasteiger partial charge < -0.3 is 10.6 Å². The summed E-state index contributed by atoms with van der Waals surface area (Å²) in [5.41, 5.74) is 10.2. The Labute approximate surface area is 108 Å². The lowest BCUT2D eigenvalue weighted by Gasteiger charge is -2.21. The average Bonchev–Trinajstić information content (AvgIpc) is 3.05. The lowest BCUT2D eigenvalue weighted by atomic mass is 9.86. The van der Waals surface area contributed by atoms with Gasteiger partial charge >= 0.3 is 0 Å². The monoisotopic (exact) mass is 244 g/mol. The normalized spacial score (nSPS) is 20.9. The van der Waals surface area contributed by atoms with Gasteiger partial charge in [-0.25, -0.2) is 0 Å². The van der Waals surface area contributed by atoms with Crippen molar-refractivity contribution >= 4 is 17.3 Å². The second-order valence-corrected chi connectivity index (χ2v) is 6.32. The number of aryl methyl sites for hydroxylation is 1. The van der Waals surface area contributed by atoms with Crippen molar-refractivity contribution < 1.29 is 4.79 Å². The fourth-order valence-corrected chi connectivity index (χ4v) is 2.98. The second-order valence-electron chi connectivity index (χ2n) is 6.32. The molecule has 3 heteroatoms. The van der Waals surface area contributed by atoms with E-state index in [2.05, 4.69) is 13.8 Å². The third-order valence-corrected chi connectivity index (χ3v) is 4.07. The van der Waals surface area contributed by atoms with Gasteiger partial charge in [0.15, 0.2) is 0 Å². The Morgan fingerprint density at radius 3 is 2.67 bits per heavy atom. The van der Waals surface area contributed by atoms with E-state index < -0.39 is 0 Å². The molecular formula is C15H20N2O. The van der Waals surface area contributed by atoms with Crippen molar-refractivity contribution in [3.05, 3.63) is 23.3 Å². The van der Waals surface area contributed by atoms with Crippen LogP contribution in [-0.2, 0) is 10.2 Å². The van der Waals surface area contributed by atoms with Gasteiger partial charge in [0.05, 0.1) is 5.69 Å². The van der Waals surface area contributed by atoms with Crippen LogP contribution in [0.25, 0.3) is 0 Å². The Kier molecular flexibility index (Phi) is 2.25. The maximum absolute atomic E-state index is 12.4. The number of carbonyl (C=O) groups is 1. The van der Waals surface area contributed by atoms with Crippen LogP contribution in [0.5, 0.6) is 0 Å². The first-order chi connectivity index (χ1) is 8.40. The van der Waals surface area contributed by atoms with E-state index >= 15 is 0 Å². The lowest BCUT2D eigenvalue weighted by Crippen LogP contribution is -2.35. The predicted octanol–water partition coefficient (Wildman–Crippen LogP) is 2.61. The number of hydrogen-bond donors (Lipinski definition) is 1. The molecular weight excluding hydrogens is 224 g/mol. The standard InChI is InChI=1S/C15H20N2O/c1-9-6-11(16)7-12-13(9)17(8-15(12,2)3)14(18)10-4-5-10/h6-7,10H,4-5,8,16H2,1-3H3. The molecule has 1 aliphatic carbocycles. The lowest BCUT2D eigenvalue weighted by molar-refractivity contribution is -0.119. The summed E-state index contributed by atoms with van der Waals surface area (Å²) in [6.07, 6.45) is 2.11. The van der Waals surface area contributed by atoms with E-state index in [9.17, 15) is 4.79 Å². The number of nitrogen functional groups attached to an aromatic ring is 1. The van der Waals surface area contributed by atoms with Gasteiger partial charge in [-0.15, -0.1) is 0 Å². The second kappa shape index (κ2) is 3.50. The molecule has 1 aliphatic heterocycles. The van der Waals surface area contributed by atoms with Crippen LogP contribution in [0, 0.1) is 12.8 Å². The van der Waals surface area contributed by atoms with E-state index in [1.54, 1.807) is 0 Å². The molecule has 0 saturated heterocycles. The molecule has 2 aliphatic rings. The molecule has 1 heterocycles. The zero-order chi connectivity index (χ0) is 13.1. The van der Waals surface area contributed by atoms with Crippen LogP contribution < -0.4 is 10.6 Å². The molecule has 3 rings (SSSR count). The molecule has 0 unspecified atom stereocenters. The van der Waals surface area contributed by atoms with E-state index in [-0.39, 0.29) is 11.3 Å². The molecule has 1 aromatic carbocycles. The maximum atomic E-state index is 12.4. The summed E-state index contributed by atoms with van der Waals surface area (Å²) >= 11 is 0. The van der Waals surface area contributed by atoms with Crippen molar-refractivity contribution in [2.75, 3.05) is 17.2 Å². The van der Waals surface area contributed by atoms with Crippen molar-refractivity contribution in [1.29, 1.82) is 0 Å². The molecule has 96 valence electrons. The fraction of sp³-hybridized carbons (Fsp3) is 0.533. The molecule has 0 aromatic heterocycles. The summed E-state index contributed by atoms with van der Waals surface area (Å²) in [6.45, 7) is 7.20. The summed E-state index contributed by atoms with van der Waals surface area (Å²) in [5, 5.41) is 0. The Morgan fingerprint density at radius 2 is 2.06 bits per heavy atom. The number of carbonyl (C=O) groups excluding carboxylic acids is 1. The van der Waals surface area contributed by atoms with Crippen molar-refractivity contribution in [1.82, 2.24) is 0 Å². The minimum absolute atomic E-state index is 0.0000231. The number of rotatable bonds is 1. The van der Waals surface area contributed by atoms with E-state index in [0.717, 1.165) is 36.3 Å². The molecule has 1 saturated carbocycles. The van der Waals surface area contributed by atoms with Crippen LogP contribution in [0.15, 0.2) is 12.1 Å². The quantitative estimate of drug-likeness (QED) is 0.772. The largest absolute Gasteiger partial charge is 0.399 e. The van der Waals surface area contributed by atoms with Crippen molar-refractivity contribution in [2.24, 2.45) is 5.92 Å². The smallest absolute Gasteiger partial charge is 0.230 e. The molecule has 0 radical (unpaired) electrons. The minimum Gasteiger partial charge on any atom is -0.399 e. The van der Waals surface area contributed by atoms with E-state index in [4.69, 9.17) is 5.73 Å². The highest BCUT2D eigenvalue weighted by Gasteiger charge is 2.43. The number of amides is 1. The Bertz CT molecular complexity index is 530. The van der Waals surface area contributed by atoms with Gasteiger partial charge in [-0.05, 0) is 43.0 Å². The SMILES string of the molecule is Cc1cc(N)cc2c1N(C(=O)C1CC1)CC2(C)C. The molecule has 18 heavy (non-hydrogen) atoms. The number of nitrogens with two attached hydrogens (primary N) is 1. The van der Waals surface area contributed by atoms with Crippen LogP contribution >= 0.6 is 0 Å². The molecule has 0 bridgehead atoms. The number of fused-ring (bicyclic) bond motifs is 1. The number of benzene rings is 1. The Balaban J connectivity index is 2.11. The molecule has 0 spiro atoms. The van der Waals surface area contributed by atoms with Gasteiger partial charge in [-0.1, -0.05) is 13.8 Å². The van der Waals surface area contributed by atoms with Crippen LogP contribution in [0.2, 0.25) is 0 Å². The number of anilines is 2. The van der Waals surface area contributed by atoms with E-state index in [1.165, 1.54) is 5.56 Å². The summed E-state index contributed by atoms with van der Waals surface area (Å²) in [4.78, 5) is 14.4. The maximum Gasteiger partial charge on any atom is 0.230 e. The van der Waals surface area contributed by atoms with Gasteiger partial charge in [0, 0.05) is 23.6 Å². The Morgan fingerprint density at radius 1 is 1.39 bits per heavy atom. The third-order valence-electron chi connectivity index (χ3n) is 4.07. The summed E-state index contributed by atoms with van der Waals surface area (Å²) in [6, 6.07) is 4.00. The molecule has 1 aromatic rings. The van der Waals surface area contributed by atoms with Crippen LogP contribution in [0.1, 0.15) is 37.8 Å². The molecule has 0 atom stereocenters. The van der Waals surface area contributed by atoms with Crippen LogP contribution in [-0.4, -0.2) is 12.5 Å². The zero-order valence-electron chi connectivity index (χ0n) is 11.3. The fourth-order valence-electron chi connectivity index (χ4n) is 2.98. The minimum atomic E-state index is 0.0000231. The van der Waals surface area contributed by atoms with Gasteiger partial charge in [0.25, 0.3) is 0 Å². The molecule has 1 fully saturated rings. The van der Waals surface area contributed by atoms with Crippen molar-refractivity contribution in [2.45, 2.75) is 39.0 Å². The first kappa shape index (κ1) is 11.6. The predicted molar refractivity (Wildman–Crippen MR) is 73.7 cm³/mol. The van der Waals surface area contributed by atoms with Gasteiger partial charge in [0.2, 0.25) is 5.91 Å². The van der Waals surface area contributed by atoms with Gasteiger partial charge in [-0.2, -0.15) is 0 Å². The molecule has 1 amide bonds. The number of nitrogens with zero attached hydrogens (tertiary/aromatic N) is 1. The summed E-state index contributed by atoms with van der Waals surface area (Å²) < 4.78 is 0. The molecule has 3 nitrogen and oxygen atoms in total. The molecule has 2 N–H and O–H groups in total. The average molecular weight is 244 g/mol. The van der Waals surface area contributed by atoms with Gasteiger partial charge in [0.1, 0.15) is 0 Å². The Hall–Kier alpha value is -1.51.